The SMILES string of the molecule is Cc1cc2nc3sc4nc(-c5ccccc5)nn4c3nc2cc1C. The second-order valence-electron chi connectivity index (χ2n) is 5.88. The van der Waals surface area contributed by atoms with Crippen molar-refractivity contribution in [1.82, 2.24) is 24.6 Å². The number of aromatic nitrogens is 5. The molecule has 0 atom stereocenters. The lowest BCUT2D eigenvalue weighted by molar-refractivity contribution is 1.00. The molecule has 0 radical (unpaired) electrons. The Labute approximate surface area is 141 Å². The molecule has 0 amide bonds. The fraction of sp³-hybridized carbons (Fsp3) is 0.111. The van der Waals surface area contributed by atoms with Gasteiger partial charge < -0.3 is 0 Å². The third-order valence-corrected chi connectivity index (χ3v) is 5.14. The van der Waals surface area contributed by atoms with Crippen molar-refractivity contribution in [2.45, 2.75) is 13.8 Å². The van der Waals surface area contributed by atoms with Crippen LogP contribution in [0.3, 0.4) is 0 Å². The molecule has 116 valence electrons. The highest BCUT2D eigenvalue weighted by atomic mass is 32.1. The molecule has 0 saturated carbocycles. The normalized spacial score (nSPS) is 11.8. The average molecular weight is 331 g/mol. The van der Waals surface area contributed by atoms with Crippen molar-refractivity contribution < 1.29 is 0 Å². The molecule has 0 unspecified atom stereocenters. The molecule has 0 aliphatic heterocycles. The molecular formula is C18H13N5S. The van der Waals surface area contributed by atoms with Gasteiger partial charge in [-0.1, -0.05) is 41.7 Å². The third kappa shape index (κ3) is 1.93. The summed E-state index contributed by atoms with van der Waals surface area (Å²) in [6.45, 7) is 4.18. The van der Waals surface area contributed by atoms with Crippen molar-refractivity contribution in [2.24, 2.45) is 0 Å². The Morgan fingerprint density at radius 2 is 1.58 bits per heavy atom. The maximum atomic E-state index is 4.78. The fourth-order valence-electron chi connectivity index (χ4n) is 2.79. The van der Waals surface area contributed by atoms with Crippen LogP contribution in [-0.4, -0.2) is 24.6 Å². The zero-order valence-corrected chi connectivity index (χ0v) is 14.0. The first-order chi connectivity index (χ1) is 11.7. The minimum absolute atomic E-state index is 0.714. The van der Waals surface area contributed by atoms with Crippen LogP contribution in [0.5, 0.6) is 0 Å². The lowest BCUT2D eigenvalue weighted by Gasteiger charge is -2.02. The van der Waals surface area contributed by atoms with E-state index in [0.29, 0.717) is 5.82 Å². The number of aryl methyl sites for hydroxylation is 2. The molecule has 0 fully saturated rings. The maximum Gasteiger partial charge on any atom is 0.216 e. The first-order valence-corrected chi connectivity index (χ1v) is 8.50. The van der Waals surface area contributed by atoms with Crippen LogP contribution in [0.25, 0.3) is 37.9 Å². The highest BCUT2D eigenvalue weighted by Gasteiger charge is 2.15. The van der Waals surface area contributed by atoms with E-state index in [4.69, 9.17) is 9.97 Å². The van der Waals surface area contributed by atoms with E-state index in [2.05, 4.69) is 36.1 Å². The Hall–Kier alpha value is -2.86. The highest BCUT2D eigenvalue weighted by Crippen LogP contribution is 2.27. The summed E-state index contributed by atoms with van der Waals surface area (Å²) in [5, 5.41) is 4.63. The second-order valence-corrected chi connectivity index (χ2v) is 6.83. The summed E-state index contributed by atoms with van der Waals surface area (Å²) >= 11 is 1.52. The molecule has 0 spiro atoms. The van der Waals surface area contributed by atoms with E-state index in [-0.39, 0.29) is 0 Å². The van der Waals surface area contributed by atoms with E-state index in [1.165, 1.54) is 22.5 Å². The van der Waals surface area contributed by atoms with Gasteiger partial charge in [0.25, 0.3) is 0 Å². The quantitative estimate of drug-likeness (QED) is 0.462. The monoisotopic (exact) mass is 331 g/mol. The summed E-state index contributed by atoms with van der Waals surface area (Å²) in [6, 6.07) is 14.1. The van der Waals surface area contributed by atoms with Crippen LogP contribution >= 0.6 is 11.3 Å². The Kier molecular flexibility index (Phi) is 2.72. The Balaban J connectivity index is 1.79. The van der Waals surface area contributed by atoms with Gasteiger partial charge in [0.15, 0.2) is 16.3 Å². The van der Waals surface area contributed by atoms with Crippen molar-refractivity contribution in [3.8, 4) is 11.4 Å². The van der Waals surface area contributed by atoms with Crippen molar-refractivity contribution in [3.63, 3.8) is 0 Å². The standard InChI is InChI=1S/C18H13N5S/c1-10-8-13-14(9-11(10)2)20-17-16(19-13)23-18(24-17)21-15(22-23)12-6-4-3-5-7-12/h3-9H,1-2H3. The van der Waals surface area contributed by atoms with Crippen LogP contribution in [0.2, 0.25) is 0 Å². The van der Waals surface area contributed by atoms with Crippen LogP contribution in [0.4, 0.5) is 0 Å². The van der Waals surface area contributed by atoms with Crippen LogP contribution in [0.15, 0.2) is 42.5 Å². The smallest absolute Gasteiger partial charge is 0.216 e. The lowest BCUT2D eigenvalue weighted by atomic mass is 10.1. The van der Waals surface area contributed by atoms with Crippen molar-refractivity contribution >= 4 is 37.8 Å². The molecule has 6 heteroatoms. The van der Waals surface area contributed by atoms with Crippen LogP contribution in [-0.2, 0) is 0 Å². The van der Waals surface area contributed by atoms with Crippen LogP contribution in [0.1, 0.15) is 11.1 Å². The molecule has 0 saturated heterocycles. The third-order valence-electron chi connectivity index (χ3n) is 4.23. The zero-order valence-electron chi connectivity index (χ0n) is 13.2. The summed E-state index contributed by atoms with van der Waals surface area (Å²) in [5.41, 5.74) is 6.01. The first kappa shape index (κ1) is 13.6. The Morgan fingerprint density at radius 3 is 2.33 bits per heavy atom. The van der Waals surface area contributed by atoms with Gasteiger partial charge in [0.1, 0.15) is 0 Å². The van der Waals surface area contributed by atoms with E-state index in [1.807, 2.05) is 30.3 Å². The van der Waals surface area contributed by atoms with Crippen molar-refractivity contribution in [1.29, 1.82) is 0 Å². The van der Waals surface area contributed by atoms with E-state index in [9.17, 15) is 0 Å². The minimum Gasteiger partial charge on any atom is -0.232 e. The van der Waals surface area contributed by atoms with E-state index < -0.39 is 0 Å². The number of hydrogen-bond donors (Lipinski definition) is 0. The second kappa shape index (κ2) is 4.82. The molecule has 0 aliphatic rings. The first-order valence-electron chi connectivity index (χ1n) is 7.69. The summed E-state index contributed by atoms with van der Waals surface area (Å²) < 4.78 is 1.80. The molecule has 0 aliphatic carbocycles. The zero-order chi connectivity index (χ0) is 16.3. The minimum atomic E-state index is 0.714. The molecule has 5 rings (SSSR count). The Morgan fingerprint density at radius 1 is 0.875 bits per heavy atom. The number of rotatable bonds is 1. The van der Waals surface area contributed by atoms with Gasteiger partial charge in [0.05, 0.1) is 11.0 Å². The number of thiazole rings is 1. The molecule has 0 N–H and O–H groups in total. The maximum absolute atomic E-state index is 4.78. The molecule has 0 bridgehead atoms. The van der Waals surface area contributed by atoms with Crippen LogP contribution in [0, 0.1) is 13.8 Å². The van der Waals surface area contributed by atoms with Gasteiger partial charge in [-0.05, 0) is 37.1 Å². The molecule has 5 aromatic rings. The largest absolute Gasteiger partial charge is 0.232 e. The average Bonchev–Trinajstić information content (AvgIpc) is 3.13. The predicted octanol–water partition coefficient (Wildman–Crippen LogP) is 4.17. The number of benzene rings is 2. The van der Waals surface area contributed by atoms with Crippen molar-refractivity contribution in [3.05, 3.63) is 53.6 Å². The summed E-state index contributed by atoms with van der Waals surface area (Å²) in [5.74, 6) is 0.714. The summed E-state index contributed by atoms with van der Waals surface area (Å²) in [4.78, 5) is 15.8. The van der Waals surface area contributed by atoms with Gasteiger partial charge in [-0.15, -0.1) is 5.10 Å². The van der Waals surface area contributed by atoms with Gasteiger partial charge in [-0.2, -0.15) is 9.50 Å². The fourth-order valence-corrected chi connectivity index (χ4v) is 3.68. The van der Waals surface area contributed by atoms with Gasteiger partial charge in [-0.25, -0.2) is 9.97 Å². The lowest BCUT2D eigenvalue weighted by Crippen LogP contribution is -1.92. The van der Waals surface area contributed by atoms with Crippen LogP contribution < -0.4 is 0 Å². The number of hydrogen-bond acceptors (Lipinski definition) is 5. The molecule has 2 aromatic carbocycles. The molecule has 5 nitrogen and oxygen atoms in total. The molecule has 3 aromatic heterocycles. The van der Waals surface area contributed by atoms with Crippen molar-refractivity contribution in [2.75, 3.05) is 0 Å². The van der Waals surface area contributed by atoms with Gasteiger partial charge >= 0.3 is 0 Å². The number of fused-ring (bicyclic) bond motifs is 4. The van der Waals surface area contributed by atoms with Gasteiger partial charge in [-0.3, -0.25) is 0 Å². The molecule has 3 heterocycles. The Bertz CT molecular complexity index is 1220. The van der Waals surface area contributed by atoms with Gasteiger partial charge in [0, 0.05) is 5.56 Å². The summed E-state index contributed by atoms with van der Waals surface area (Å²) in [6.07, 6.45) is 0. The highest BCUT2D eigenvalue weighted by molar-refractivity contribution is 7.23. The summed E-state index contributed by atoms with van der Waals surface area (Å²) in [7, 11) is 0. The van der Waals surface area contributed by atoms with Gasteiger partial charge in [0.2, 0.25) is 4.96 Å². The predicted molar refractivity (Wildman–Crippen MR) is 96.4 cm³/mol. The van der Waals surface area contributed by atoms with E-state index >= 15 is 0 Å². The topological polar surface area (TPSA) is 56.0 Å². The molecule has 24 heavy (non-hydrogen) atoms. The van der Waals surface area contributed by atoms with E-state index in [1.54, 1.807) is 4.52 Å². The molecular weight excluding hydrogens is 318 g/mol. The number of nitrogens with zero attached hydrogens (tertiary/aromatic N) is 5. The van der Waals surface area contributed by atoms with E-state index in [0.717, 1.165) is 32.0 Å².